The van der Waals surface area contributed by atoms with Gasteiger partial charge in [-0.1, -0.05) is 188 Å². The Labute approximate surface area is 426 Å². The summed E-state index contributed by atoms with van der Waals surface area (Å²) in [6, 6.07) is 98.2. The first-order valence-electron chi connectivity index (χ1n) is 24.5. The minimum atomic E-state index is 1.09. The third kappa shape index (κ3) is 7.14. The van der Waals surface area contributed by atoms with Gasteiger partial charge in [-0.15, -0.1) is 22.7 Å². The number of nitrogens with zero attached hydrogens (tertiary/aromatic N) is 2. The Kier molecular flexibility index (Phi) is 10.3. The van der Waals surface area contributed by atoms with Crippen LogP contribution in [0.3, 0.4) is 0 Å². The van der Waals surface area contributed by atoms with Gasteiger partial charge in [0.2, 0.25) is 0 Å². The summed E-state index contributed by atoms with van der Waals surface area (Å²) in [7, 11) is 0. The average molecular weight is 953 g/mol. The summed E-state index contributed by atoms with van der Waals surface area (Å²) >= 11 is 3.71. The molecule has 14 rings (SSSR count). The number of thiophene rings is 2. The van der Waals surface area contributed by atoms with Crippen molar-refractivity contribution in [3.05, 3.63) is 267 Å². The maximum atomic E-state index is 2.50. The molecular formula is C68H44N2S2. The Balaban J connectivity index is 0.979. The molecule has 2 nitrogen and oxygen atoms in total. The van der Waals surface area contributed by atoms with E-state index in [0.717, 1.165) is 45.3 Å². The second kappa shape index (κ2) is 17.6. The molecule has 0 N–H and O–H groups in total. The monoisotopic (exact) mass is 952 g/mol. The van der Waals surface area contributed by atoms with Crippen LogP contribution in [-0.2, 0) is 0 Å². The van der Waals surface area contributed by atoms with Crippen LogP contribution in [0.1, 0.15) is 0 Å². The summed E-state index contributed by atoms with van der Waals surface area (Å²) in [4.78, 5) is 4.99. The molecule has 0 spiro atoms. The smallest absolute Gasteiger partial charge is 0.0555 e. The van der Waals surface area contributed by atoms with Crippen molar-refractivity contribution < 1.29 is 0 Å². The Hall–Kier alpha value is -8.80. The van der Waals surface area contributed by atoms with Crippen LogP contribution in [0.25, 0.3) is 95.3 Å². The second-order valence-electron chi connectivity index (χ2n) is 18.4. The highest BCUT2D eigenvalue weighted by molar-refractivity contribution is 7.26. The van der Waals surface area contributed by atoms with Gasteiger partial charge in [0.1, 0.15) is 0 Å². The molecular weight excluding hydrogens is 909 g/mol. The summed E-state index contributed by atoms with van der Waals surface area (Å²) in [5.74, 6) is 0. The van der Waals surface area contributed by atoms with Gasteiger partial charge in [0.15, 0.2) is 0 Å². The van der Waals surface area contributed by atoms with Crippen molar-refractivity contribution in [1.29, 1.82) is 0 Å². The molecule has 0 atom stereocenters. The maximum Gasteiger partial charge on any atom is 0.0555 e. The number of anilines is 6. The lowest BCUT2D eigenvalue weighted by molar-refractivity contribution is 1.28. The lowest BCUT2D eigenvalue weighted by Crippen LogP contribution is -2.14. The minimum absolute atomic E-state index is 1.09. The fourth-order valence-electron chi connectivity index (χ4n) is 10.9. The zero-order valence-corrected chi connectivity index (χ0v) is 40.7. The number of benzene rings is 12. The average Bonchev–Trinajstić information content (AvgIpc) is 4.03. The van der Waals surface area contributed by atoms with E-state index in [1.54, 1.807) is 0 Å². The highest BCUT2D eigenvalue weighted by atomic mass is 32.1. The zero-order chi connectivity index (χ0) is 47.5. The van der Waals surface area contributed by atoms with E-state index in [1.807, 2.05) is 22.7 Å². The molecule has 0 fully saturated rings. The molecule has 0 aliphatic heterocycles. The molecule has 0 bridgehead atoms. The van der Waals surface area contributed by atoms with Crippen molar-refractivity contribution in [2.24, 2.45) is 0 Å². The molecule has 0 saturated heterocycles. The Morgan fingerprint density at radius 2 is 0.639 bits per heavy atom. The molecule has 0 radical (unpaired) electrons. The number of hydrogen-bond donors (Lipinski definition) is 0. The lowest BCUT2D eigenvalue weighted by Gasteiger charge is -2.32. The molecule has 4 heteroatoms. The highest BCUT2D eigenvalue weighted by Gasteiger charge is 2.26. The molecule has 0 saturated carbocycles. The van der Waals surface area contributed by atoms with Crippen LogP contribution < -0.4 is 9.80 Å². The molecule has 2 aromatic heterocycles. The van der Waals surface area contributed by atoms with E-state index in [-0.39, 0.29) is 0 Å². The van der Waals surface area contributed by atoms with Crippen molar-refractivity contribution in [2.75, 3.05) is 9.80 Å². The largest absolute Gasteiger partial charge is 0.309 e. The zero-order valence-electron chi connectivity index (χ0n) is 39.1. The SMILES string of the molecule is c1ccc(N(c2ccc(-c3ccc4ccccc4c3)cc2)c2cccc3sc4ccccc4c23)c(-c2ccccc2N(c2ccc(-c3cccc4ccccc34)cc2)c2cccc3sc4ccccc4c23)c1. The molecule has 2 heterocycles. The highest BCUT2D eigenvalue weighted by Crippen LogP contribution is 2.52. The van der Waals surface area contributed by atoms with Gasteiger partial charge >= 0.3 is 0 Å². The fourth-order valence-corrected chi connectivity index (χ4v) is 13.2. The molecule has 0 aliphatic rings. The van der Waals surface area contributed by atoms with E-state index >= 15 is 0 Å². The van der Waals surface area contributed by atoms with Crippen LogP contribution in [0.2, 0.25) is 0 Å². The summed E-state index contributed by atoms with van der Waals surface area (Å²) in [6.45, 7) is 0. The van der Waals surface area contributed by atoms with Gasteiger partial charge in [-0.2, -0.15) is 0 Å². The molecule has 0 aliphatic carbocycles. The van der Waals surface area contributed by atoms with Gasteiger partial charge in [0.25, 0.3) is 0 Å². The van der Waals surface area contributed by atoms with Crippen LogP contribution in [0, 0.1) is 0 Å². The summed E-state index contributed by atoms with van der Waals surface area (Å²) in [6.07, 6.45) is 0. The molecule has 14 aromatic rings. The third-order valence-electron chi connectivity index (χ3n) is 14.3. The van der Waals surface area contributed by atoms with Gasteiger partial charge in [-0.3, -0.25) is 0 Å². The fraction of sp³-hybridized carbons (Fsp3) is 0. The molecule has 72 heavy (non-hydrogen) atoms. The van der Waals surface area contributed by atoms with Crippen molar-refractivity contribution in [1.82, 2.24) is 0 Å². The van der Waals surface area contributed by atoms with Crippen LogP contribution in [-0.4, -0.2) is 0 Å². The van der Waals surface area contributed by atoms with Crippen LogP contribution >= 0.6 is 22.7 Å². The first kappa shape index (κ1) is 42.1. The Morgan fingerprint density at radius 1 is 0.236 bits per heavy atom. The normalized spacial score (nSPS) is 11.6. The number of fused-ring (bicyclic) bond motifs is 8. The third-order valence-corrected chi connectivity index (χ3v) is 16.5. The van der Waals surface area contributed by atoms with Crippen molar-refractivity contribution >= 4 is 119 Å². The summed E-state index contributed by atoms with van der Waals surface area (Å²) in [5.41, 5.74) is 13.7. The van der Waals surface area contributed by atoms with E-state index in [4.69, 9.17) is 0 Å². The first-order valence-corrected chi connectivity index (χ1v) is 26.1. The Morgan fingerprint density at radius 3 is 1.24 bits per heavy atom. The van der Waals surface area contributed by atoms with Crippen LogP contribution in [0.15, 0.2) is 267 Å². The topological polar surface area (TPSA) is 6.48 Å². The maximum absolute atomic E-state index is 2.50. The molecule has 0 amide bonds. The van der Waals surface area contributed by atoms with E-state index < -0.39 is 0 Å². The first-order chi connectivity index (χ1) is 35.7. The van der Waals surface area contributed by atoms with Gasteiger partial charge in [0, 0.05) is 62.8 Å². The van der Waals surface area contributed by atoms with E-state index in [9.17, 15) is 0 Å². The van der Waals surface area contributed by atoms with Crippen molar-refractivity contribution in [3.63, 3.8) is 0 Å². The summed E-state index contributed by atoms with van der Waals surface area (Å²) in [5, 5.41) is 10.0. The van der Waals surface area contributed by atoms with Crippen molar-refractivity contribution in [2.45, 2.75) is 0 Å². The minimum Gasteiger partial charge on any atom is -0.309 e. The van der Waals surface area contributed by atoms with E-state index in [2.05, 4.69) is 277 Å². The number of hydrogen-bond acceptors (Lipinski definition) is 4. The van der Waals surface area contributed by atoms with Crippen molar-refractivity contribution in [3.8, 4) is 33.4 Å². The number of para-hydroxylation sites is 2. The van der Waals surface area contributed by atoms with E-state index in [0.29, 0.717) is 0 Å². The quantitative estimate of drug-likeness (QED) is 0.142. The van der Waals surface area contributed by atoms with E-state index in [1.165, 1.54) is 84.1 Å². The standard InChI is InChI=1S/C68H44N2S2/c1-2-18-49-44-50(35-34-45(49)16-1)46-36-40-51(41-37-46)69(61-28-14-32-65-67(61)57-23-7-11-30-63(57)71-65)59-26-9-5-21-55(59)56-22-6-10-27-60(56)70(62-29-15-33-66-68(62)58-24-8-12-31-64(58)72-66)52-42-38-48(39-43-52)54-25-13-19-47-17-3-4-20-53(47)54/h1-44H. The van der Waals surface area contributed by atoms with Gasteiger partial charge in [-0.25, -0.2) is 0 Å². The van der Waals surface area contributed by atoms with Gasteiger partial charge < -0.3 is 9.80 Å². The van der Waals surface area contributed by atoms with Gasteiger partial charge in [0.05, 0.1) is 22.7 Å². The lowest BCUT2D eigenvalue weighted by atomic mass is 9.96. The number of rotatable bonds is 9. The second-order valence-corrected chi connectivity index (χ2v) is 20.6. The summed E-state index contributed by atoms with van der Waals surface area (Å²) < 4.78 is 5.08. The van der Waals surface area contributed by atoms with Crippen LogP contribution in [0.5, 0.6) is 0 Å². The van der Waals surface area contributed by atoms with Crippen LogP contribution in [0.4, 0.5) is 34.1 Å². The molecule has 0 unspecified atom stereocenters. The molecule has 12 aromatic carbocycles. The molecule has 338 valence electrons. The van der Waals surface area contributed by atoms with Gasteiger partial charge in [-0.05, 0) is 123 Å². The Bertz CT molecular complexity index is 4350. The predicted octanol–water partition coefficient (Wildman–Crippen LogP) is 20.7. The predicted molar refractivity (Wildman–Crippen MR) is 313 cm³/mol.